The van der Waals surface area contributed by atoms with Gasteiger partial charge in [-0.15, -0.1) is 0 Å². The van der Waals surface area contributed by atoms with Crippen molar-refractivity contribution in [2.75, 3.05) is 19.8 Å². The van der Waals surface area contributed by atoms with Gasteiger partial charge in [0.1, 0.15) is 11.8 Å². The number of carbonyl (C=O) groups is 3. The molecule has 1 atom stereocenters. The molecule has 1 fully saturated rings. The van der Waals surface area contributed by atoms with Crippen molar-refractivity contribution in [2.24, 2.45) is 5.73 Å². The molecule has 0 radical (unpaired) electrons. The molecular weight excluding hydrogens is 326 g/mol. The van der Waals surface area contributed by atoms with Gasteiger partial charge in [-0.2, -0.15) is 5.26 Å². The van der Waals surface area contributed by atoms with Crippen LogP contribution in [-0.4, -0.2) is 48.5 Å². The Morgan fingerprint density at radius 2 is 1.92 bits per heavy atom. The summed E-state index contributed by atoms with van der Waals surface area (Å²) in [5, 5.41) is 8.70. The third-order valence-electron chi connectivity index (χ3n) is 3.85. The van der Waals surface area contributed by atoms with E-state index in [-0.39, 0.29) is 6.61 Å². The first-order chi connectivity index (χ1) is 12.0. The normalized spacial score (nSPS) is 16.6. The van der Waals surface area contributed by atoms with Gasteiger partial charge in [0, 0.05) is 6.54 Å². The van der Waals surface area contributed by atoms with E-state index in [1.54, 1.807) is 24.3 Å². The van der Waals surface area contributed by atoms with Crippen molar-refractivity contribution in [1.29, 1.82) is 5.26 Å². The topological polar surface area (TPSA) is 123 Å². The van der Waals surface area contributed by atoms with Crippen LogP contribution in [0.15, 0.2) is 24.3 Å². The highest BCUT2D eigenvalue weighted by Gasteiger charge is 2.30. The molecule has 132 valence electrons. The molecule has 2 amide bonds. The van der Waals surface area contributed by atoms with E-state index in [1.165, 1.54) is 4.90 Å². The van der Waals surface area contributed by atoms with Crippen molar-refractivity contribution in [3.63, 3.8) is 0 Å². The fourth-order valence-electron chi connectivity index (χ4n) is 2.56. The Kier molecular flexibility index (Phi) is 6.34. The van der Waals surface area contributed by atoms with Crippen molar-refractivity contribution in [2.45, 2.75) is 25.3 Å². The molecule has 0 aliphatic carbocycles. The van der Waals surface area contributed by atoms with Gasteiger partial charge in [-0.05, 0) is 43.5 Å². The molecule has 8 heteroatoms. The van der Waals surface area contributed by atoms with Crippen LogP contribution in [-0.2, 0) is 19.1 Å². The zero-order valence-corrected chi connectivity index (χ0v) is 13.6. The molecule has 0 bridgehead atoms. The number of piperidine rings is 1. The number of rotatable bonds is 6. The molecule has 0 aromatic heterocycles. The molecule has 0 saturated carbocycles. The summed E-state index contributed by atoms with van der Waals surface area (Å²) in [7, 11) is 0. The van der Waals surface area contributed by atoms with Crippen molar-refractivity contribution in [1.82, 2.24) is 4.90 Å². The monoisotopic (exact) mass is 345 g/mol. The molecule has 2 rings (SSSR count). The van der Waals surface area contributed by atoms with Crippen LogP contribution in [0.2, 0.25) is 0 Å². The van der Waals surface area contributed by atoms with Crippen LogP contribution in [0.1, 0.15) is 24.8 Å². The first-order valence-electron chi connectivity index (χ1n) is 7.88. The number of amides is 2. The lowest BCUT2D eigenvalue weighted by molar-refractivity contribution is -0.156. The van der Waals surface area contributed by atoms with E-state index in [0.717, 1.165) is 12.8 Å². The average Bonchev–Trinajstić information content (AvgIpc) is 2.64. The number of nitrogens with two attached hydrogens (primary N) is 1. The summed E-state index contributed by atoms with van der Waals surface area (Å²) in [4.78, 5) is 36.6. The van der Waals surface area contributed by atoms with Crippen molar-refractivity contribution in [3.8, 4) is 11.8 Å². The van der Waals surface area contributed by atoms with Gasteiger partial charge in [0.2, 0.25) is 5.91 Å². The molecule has 2 N–H and O–H groups in total. The van der Waals surface area contributed by atoms with Crippen LogP contribution in [0.25, 0.3) is 0 Å². The van der Waals surface area contributed by atoms with Gasteiger partial charge in [0.05, 0.1) is 11.6 Å². The van der Waals surface area contributed by atoms with Gasteiger partial charge in [-0.25, -0.2) is 4.79 Å². The van der Waals surface area contributed by atoms with Gasteiger partial charge in [0.15, 0.2) is 13.2 Å². The number of nitriles is 1. The lowest BCUT2D eigenvalue weighted by Crippen LogP contribution is -2.51. The molecule has 1 heterocycles. The second-order valence-corrected chi connectivity index (χ2v) is 5.59. The molecule has 1 aliphatic heterocycles. The minimum atomic E-state index is -0.703. The van der Waals surface area contributed by atoms with E-state index in [2.05, 4.69) is 0 Å². The SMILES string of the molecule is N#Cc1ccc(OCC(=O)OCC(=O)N2CCCC[C@@H]2C(N)=O)cc1. The van der Waals surface area contributed by atoms with Crippen LogP contribution in [0, 0.1) is 11.3 Å². The summed E-state index contributed by atoms with van der Waals surface area (Å²) in [6.45, 7) is -0.399. The Balaban J connectivity index is 1.77. The summed E-state index contributed by atoms with van der Waals surface area (Å²) in [6.07, 6.45) is 2.14. The number of hydrogen-bond acceptors (Lipinski definition) is 6. The lowest BCUT2D eigenvalue weighted by atomic mass is 10.0. The van der Waals surface area contributed by atoms with E-state index in [4.69, 9.17) is 20.5 Å². The summed E-state index contributed by atoms with van der Waals surface area (Å²) >= 11 is 0. The highest BCUT2D eigenvalue weighted by molar-refractivity contribution is 5.88. The number of esters is 1. The first kappa shape index (κ1) is 18.3. The number of hydrogen-bond donors (Lipinski definition) is 1. The lowest BCUT2D eigenvalue weighted by Gasteiger charge is -2.33. The Hall–Kier alpha value is -3.08. The summed E-state index contributed by atoms with van der Waals surface area (Å²) in [5.74, 6) is -1.30. The zero-order chi connectivity index (χ0) is 18.2. The predicted octanol–water partition coefficient (Wildman–Crippen LogP) is 0.347. The zero-order valence-electron chi connectivity index (χ0n) is 13.6. The molecular formula is C17H19N3O5. The molecule has 1 saturated heterocycles. The van der Waals surface area contributed by atoms with Gasteiger partial charge in [0.25, 0.3) is 5.91 Å². The Labute approximate surface area is 145 Å². The fraction of sp³-hybridized carbons (Fsp3) is 0.412. The van der Waals surface area contributed by atoms with Crippen LogP contribution < -0.4 is 10.5 Å². The van der Waals surface area contributed by atoms with Gasteiger partial charge >= 0.3 is 5.97 Å². The van der Waals surface area contributed by atoms with E-state index in [9.17, 15) is 14.4 Å². The number of nitrogens with zero attached hydrogens (tertiary/aromatic N) is 2. The number of primary amides is 1. The predicted molar refractivity (Wildman–Crippen MR) is 86.2 cm³/mol. The summed E-state index contributed by atoms with van der Waals surface area (Å²) in [5.41, 5.74) is 5.78. The maximum atomic E-state index is 12.1. The number of likely N-dealkylation sites (tertiary alicyclic amines) is 1. The second kappa shape index (κ2) is 8.68. The van der Waals surface area contributed by atoms with Crippen LogP contribution >= 0.6 is 0 Å². The van der Waals surface area contributed by atoms with E-state index in [0.29, 0.717) is 24.3 Å². The third kappa shape index (κ3) is 5.21. The molecule has 1 aliphatic rings. The Morgan fingerprint density at radius 1 is 1.20 bits per heavy atom. The van der Waals surface area contributed by atoms with E-state index in [1.807, 2.05) is 6.07 Å². The standard InChI is InChI=1S/C17H19N3O5/c18-9-12-4-6-13(7-5-12)24-11-16(22)25-10-15(21)20-8-2-1-3-14(20)17(19)23/h4-7,14H,1-3,8,10-11H2,(H2,19,23)/t14-/m1/s1. The highest BCUT2D eigenvalue weighted by atomic mass is 16.6. The molecule has 8 nitrogen and oxygen atoms in total. The van der Waals surface area contributed by atoms with Gasteiger partial charge in [-0.1, -0.05) is 0 Å². The smallest absolute Gasteiger partial charge is 0.344 e. The van der Waals surface area contributed by atoms with Crippen LogP contribution in [0.5, 0.6) is 5.75 Å². The maximum absolute atomic E-state index is 12.1. The van der Waals surface area contributed by atoms with Crippen molar-refractivity contribution >= 4 is 17.8 Å². The van der Waals surface area contributed by atoms with E-state index >= 15 is 0 Å². The maximum Gasteiger partial charge on any atom is 0.344 e. The highest BCUT2D eigenvalue weighted by Crippen LogP contribution is 2.17. The number of ether oxygens (including phenoxy) is 2. The Bertz CT molecular complexity index is 681. The summed E-state index contributed by atoms with van der Waals surface area (Å²) in [6, 6.07) is 7.56. The number of carbonyl (C=O) groups excluding carboxylic acids is 3. The quantitative estimate of drug-likeness (QED) is 0.742. The molecule has 1 aromatic carbocycles. The van der Waals surface area contributed by atoms with Gasteiger partial charge < -0.3 is 20.1 Å². The first-order valence-corrected chi connectivity index (χ1v) is 7.88. The fourth-order valence-corrected chi connectivity index (χ4v) is 2.56. The number of benzene rings is 1. The minimum absolute atomic E-state index is 0.363. The van der Waals surface area contributed by atoms with Crippen molar-refractivity contribution in [3.05, 3.63) is 29.8 Å². The van der Waals surface area contributed by atoms with Crippen LogP contribution in [0.3, 0.4) is 0 Å². The van der Waals surface area contributed by atoms with Gasteiger partial charge in [-0.3, -0.25) is 9.59 Å². The third-order valence-corrected chi connectivity index (χ3v) is 3.85. The Morgan fingerprint density at radius 3 is 2.56 bits per heavy atom. The van der Waals surface area contributed by atoms with Crippen molar-refractivity contribution < 1.29 is 23.9 Å². The molecule has 25 heavy (non-hydrogen) atoms. The second-order valence-electron chi connectivity index (χ2n) is 5.59. The molecule has 0 unspecified atom stereocenters. The summed E-state index contributed by atoms with van der Waals surface area (Å²) < 4.78 is 10.1. The largest absolute Gasteiger partial charge is 0.482 e. The molecule has 1 aromatic rings. The van der Waals surface area contributed by atoms with Crippen LogP contribution in [0.4, 0.5) is 0 Å². The minimum Gasteiger partial charge on any atom is -0.482 e. The van der Waals surface area contributed by atoms with E-state index < -0.39 is 30.4 Å². The molecule has 0 spiro atoms. The average molecular weight is 345 g/mol.